The fraction of sp³-hybridized carbons (Fsp3) is 0.400. The van der Waals surface area contributed by atoms with Crippen molar-refractivity contribution in [3.63, 3.8) is 0 Å². The molecule has 0 saturated heterocycles. The molecule has 166 valence electrons. The second kappa shape index (κ2) is 9.33. The summed E-state index contributed by atoms with van der Waals surface area (Å²) in [6, 6.07) is 11.9. The minimum Gasteiger partial charge on any atom is -0.444 e. The molecule has 0 saturated carbocycles. The quantitative estimate of drug-likeness (QED) is 0.398. The molecule has 0 aliphatic carbocycles. The fourth-order valence-corrected chi connectivity index (χ4v) is 3.01. The Balaban J connectivity index is 2.34. The number of hydrogen-bond donors (Lipinski definition) is 1. The first-order chi connectivity index (χ1) is 14.3. The van der Waals surface area contributed by atoms with Crippen molar-refractivity contribution in [1.82, 2.24) is 5.32 Å². The van der Waals surface area contributed by atoms with Gasteiger partial charge in [-0.15, -0.1) is 0 Å². The van der Waals surface area contributed by atoms with Crippen LogP contribution in [0.5, 0.6) is 5.75 Å². The third-order valence-corrected chi connectivity index (χ3v) is 4.57. The third-order valence-electron chi connectivity index (χ3n) is 4.57. The first-order valence-corrected chi connectivity index (χ1v) is 10.2. The minimum absolute atomic E-state index is 0.140. The van der Waals surface area contributed by atoms with Gasteiger partial charge in [0.05, 0.1) is 5.56 Å². The lowest BCUT2D eigenvalue weighted by Gasteiger charge is -2.30. The van der Waals surface area contributed by atoms with Crippen molar-refractivity contribution in [2.75, 3.05) is 0 Å². The first-order valence-electron chi connectivity index (χ1n) is 10.2. The Bertz CT molecular complexity index is 967. The highest BCUT2D eigenvalue weighted by Gasteiger charge is 2.36. The second-order valence-electron chi connectivity index (χ2n) is 9.55. The molecule has 0 fully saturated rings. The summed E-state index contributed by atoms with van der Waals surface area (Å²) in [4.78, 5) is 36.9. The highest BCUT2D eigenvalue weighted by Crippen LogP contribution is 2.30. The molecule has 1 N–H and O–H groups in total. The number of benzene rings is 2. The van der Waals surface area contributed by atoms with Crippen LogP contribution in [0.1, 0.15) is 57.5 Å². The number of esters is 1. The molecular weight excluding hydrogens is 394 g/mol. The normalized spacial score (nSPS) is 12.6. The summed E-state index contributed by atoms with van der Waals surface area (Å²) < 4.78 is 10.9. The van der Waals surface area contributed by atoms with Crippen LogP contribution in [0.2, 0.25) is 0 Å². The monoisotopic (exact) mass is 425 g/mol. The van der Waals surface area contributed by atoms with Gasteiger partial charge in [0.25, 0.3) is 0 Å². The zero-order chi connectivity index (χ0) is 23.4. The van der Waals surface area contributed by atoms with Crippen LogP contribution in [0, 0.1) is 12.3 Å². The summed E-state index contributed by atoms with van der Waals surface area (Å²) in [7, 11) is 0. The van der Waals surface area contributed by atoms with Gasteiger partial charge in [-0.1, -0.05) is 51.1 Å². The summed E-state index contributed by atoms with van der Waals surface area (Å²) in [5.74, 6) is -0.538. The van der Waals surface area contributed by atoms with E-state index in [2.05, 4.69) is 5.32 Å². The number of alkyl carbamates (subject to hydrolysis) is 1. The molecule has 1 atom stereocenters. The number of ether oxygens (including phenoxy) is 2. The van der Waals surface area contributed by atoms with Crippen LogP contribution in [0.15, 0.2) is 42.5 Å². The van der Waals surface area contributed by atoms with Gasteiger partial charge in [-0.05, 0) is 61.9 Å². The molecule has 0 aliphatic heterocycles. The van der Waals surface area contributed by atoms with E-state index in [-0.39, 0.29) is 11.3 Å². The van der Waals surface area contributed by atoms with Crippen molar-refractivity contribution in [2.24, 2.45) is 5.41 Å². The summed E-state index contributed by atoms with van der Waals surface area (Å²) in [6.45, 7) is 12.6. The lowest BCUT2D eigenvalue weighted by Crippen LogP contribution is -2.52. The number of amides is 1. The van der Waals surface area contributed by atoms with E-state index in [0.717, 1.165) is 16.7 Å². The molecule has 0 aromatic heterocycles. The average Bonchev–Trinajstić information content (AvgIpc) is 2.64. The molecule has 2 rings (SSSR count). The van der Waals surface area contributed by atoms with Gasteiger partial charge in [0.2, 0.25) is 0 Å². The smallest absolute Gasteiger partial charge is 0.408 e. The molecule has 0 unspecified atom stereocenters. The van der Waals surface area contributed by atoms with Gasteiger partial charge >= 0.3 is 12.1 Å². The van der Waals surface area contributed by atoms with Gasteiger partial charge in [0.1, 0.15) is 17.4 Å². The van der Waals surface area contributed by atoms with Crippen LogP contribution in [0.3, 0.4) is 0 Å². The van der Waals surface area contributed by atoms with E-state index in [0.29, 0.717) is 6.29 Å². The van der Waals surface area contributed by atoms with Gasteiger partial charge in [0, 0.05) is 0 Å². The summed E-state index contributed by atoms with van der Waals surface area (Å²) in [6.07, 6.45) is -0.0777. The largest absolute Gasteiger partial charge is 0.444 e. The molecule has 0 radical (unpaired) electrons. The number of carbonyl (C=O) groups excluding carboxylic acids is 3. The molecular formula is C25H31NO5. The van der Waals surface area contributed by atoms with Crippen LogP contribution in [0.25, 0.3) is 11.1 Å². The van der Waals surface area contributed by atoms with Crippen molar-refractivity contribution in [3.05, 3.63) is 53.6 Å². The molecule has 2 aromatic carbocycles. The molecule has 6 nitrogen and oxygen atoms in total. The number of rotatable bonds is 5. The lowest BCUT2D eigenvalue weighted by atomic mass is 9.87. The van der Waals surface area contributed by atoms with Gasteiger partial charge < -0.3 is 14.8 Å². The van der Waals surface area contributed by atoms with E-state index in [4.69, 9.17) is 9.47 Å². The standard InChI is InChI=1S/C25H31NO5/c1-16-10-8-9-11-19(16)17-12-13-18(15-27)20(14-17)30-22(28)21(24(2,3)4)26-23(29)31-25(5,6)7/h8-15,21H,1-7H3,(H,26,29)/t21-/m0/s1. The van der Waals surface area contributed by atoms with E-state index in [1.807, 2.05) is 37.3 Å². The predicted octanol–water partition coefficient (Wildman–Crippen LogP) is 5.32. The zero-order valence-electron chi connectivity index (χ0n) is 19.2. The van der Waals surface area contributed by atoms with Crippen LogP contribution < -0.4 is 10.1 Å². The third kappa shape index (κ3) is 6.67. The van der Waals surface area contributed by atoms with Crippen molar-refractivity contribution >= 4 is 18.3 Å². The van der Waals surface area contributed by atoms with Crippen molar-refractivity contribution in [1.29, 1.82) is 0 Å². The molecule has 2 aromatic rings. The number of nitrogens with one attached hydrogen (secondary N) is 1. The van der Waals surface area contributed by atoms with Gasteiger partial charge in [-0.2, -0.15) is 0 Å². The molecule has 1 amide bonds. The van der Waals surface area contributed by atoms with Crippen LogP contribution >= 0.6 is 0 Å². The maximum atomic E-state index is 13.0. The van der Waals surface area contributed by atoms with Gasteiger partial charge in [0.15, 0.2) is 6.29 Å². The lowest BCUT2D eigenvalue weighted by molar-refractivity contribution is -0.139. The predicted molar refractivity (Wildman–Crippen MR) is 120 cm³/mol. The van der Waals surface area contributed by atoms with Crippen LogP contribution in [-0.4, -0.2) is 30.0 Å². The van der Waals surface area contributed by atoms with Crippen molar-refractivity contribution in [3.8, 4) is 16.9 Å². The summed E-state index contributed by atoms with van der Waals surface area (Å²) in [5, 5.41) is 2.60. The van der Waals surface area contributed by atoms with Crippen LogP contribution in [-0.2, 0) is 9.53 Å². The number of aldehydes is 1. The van der Waals surface area contributed by atoms with Crippen molar-refractivity contribution < 1.29 is 23.9 Å². The minimum atomic E-state index is -0.982. The maximum absolute atomic E-state index is 13.0. The maximum Gasteiger partial charge on any atom is 0.408 e. The summed E-state index contributed by atoms with van der Waals surface area (Å²) in [5.41, 5.74) is 1.73. The Kier molecular flexibility index (Phi) is 7.26. The molecule has 31 heavy (non-hydrogen) atoms. The fourth-order valence-electron chi connectivity index (χ4n) is 3.01. The Hall–Kier alpha value is -3.15. The molecule has 0 spiro atoms. The van der Waals surface area contributed by atoms with Gasteiger partial charge in [-0.3, -0.25) is 4.79 Å². The van der Waals surface area contributed by atoms with E-state index >= 15 is 0 Å². The molecule has 6 heteroatoms. The van der Waals surface area contributed by atoms with Gasteiger partial charge in [-0.25, -0.2) is 9.59 Å². The topological polar surface area (TPSA) is 81.7 Å². The molecule has 0 heterocycles. The Labute approximate surface area is 183 Å². The van der Waals surface area contributed by atoms with E-state index in [1.165, 1.54) is 0 Å². The summed E-state index contributed by atoms with van der Waals surface area (Å²) >= 11 is 0. The second-order valence-corrected chi connectivity index (χ2v) is 9.55. The zero-order valence-corrected chi connectivity index (χ0v) is 19.2. The Morgan fingerprint density at radius 1 is 1.00 bits per heavy atom. The highest BCUT2D eigenvalue weighted by atomic mass is 16.6. The van der Waals surface area contributed by atoms with E-state index in [1.54, 1.807) is 53.7 Å². The SMILES string of the molecule is Cc1ccccc1-c1ccc(C=O)c(OC(=O)[C@H](NC(=O)OC(C)(C)C)C(C)(C)C)c1. The van der Waals surface area contributed by atoms with Crippen molar-refractivity contribution in [2.45, 2.75) is 60.1 Å². The Morgan fingerprint density at radius 2 is 1.65 bits per heavy atom. The number of carbonyl (C=O) groups is 3. The number of aryl methyl sites for hydroxylation is 1. The highest BCUT2D eigenvalue weighted by molar-refractivity contribution is 5.88. The Morgan fingerprint density at radius 3 is 2.19 bits per heavy atom. The number of hydrogen-bond acceptors (Lipinski definition) is 5. The molecule has 0 aliphatic rings. The first kappa shape index (κ1) is 24.1. The van der Waals surface area contributed by atoms with E-state index < -0.39 is 29.1 Å². The average molecular weight is 426 g/mol. The van der Waals surface area contributed by atoms with Crippen LogP contribution in [0.4, 0.5) is 4.79 Å². The van der Waals surface area contributed by atoms with E-state index in [9.17, 15) is 14.4 Å². The molecule has 0 bridgehead atoms.